The van der Waals surface area contributed by atoms with Crippen LogP contribution in [0.15, 0.2) is 12.1 Å². The standard InChI is InChI=1S/C8H8ClFN2O2/c1-12(14-2)8(13)6-4-3-5(10)7(9)11-6/h3-4H,1-2H3. The first kappa shape index (κ1) is 10.9. The average Bonchev–Trinajstić information content (AvgIpc) is 2.20. The summed E-state index contributed by atoms with van der Waals surface area (Å²) in [5, 5.41) is 0.636. The lowest BCUT2D eigenvalue weighted by Crippen LogP contribution is -2.26. The molecule has 0 atom stereocenters. The predicted octanol–water partition coefficient (Wildman–Crippen LogP) is 1.51. The van der Waals surface area contributed by atoms with Crippen LogP contribution in [0.3, 0.4) is 0 Å². The van der Waals surface area contributed by atoms with E-state index >= 15 is 0 Å². The van der Waals surface area contributed by atoms with E-state index in [-0.39, 0.29) is 10.8 Å². The maximum Gasteiger partial charge on any atom is 0.295 e. The van der Waals surface area contributed by atoms with Crippen LogP contribution in [0.4, 0.5) is 4.39 Å². The van der Waals surface area contributed by atoms with Gasteiger partial charge in [0.05, 0.1) is 7.11 Å². The van der Waals surface area contributed by atoms with Crippen molar-refractivity contribution < 1.29 is 14.0 Å². The Hall–Kier alpha value is -1.20. The Labute approximate surface area is 85.2 Å². The second-order valence-electron chi connectivity index (χ2n) is 2.45. The van der Waals surface area contributed by atoms with Crippen LogP contribution < -0.4 is 0 Å². The molecule has 14 heavy (non-hydrogen) atoms. The zero-order chi connectivity index (χ0) is 10.7. The minimum absolute atomic E-state index is 0.0285. The number of carbonyl (C=O) groups excluding carboxylic acids is 1. The molecule has 1 aromatic heterocycles. The molecule has 0 aliphatic heterocycles. The van der Waals surface area contributed by atoms with Gasteiger partial charge in [0.25, 0.3) is 5.91 Å². The summed E-state index contributed by atoms with van der Waals surface area (Å²) in [5.74, 6) is -1.15. The number of pyridine rings is 1. The SMILES string of the molecule is CON(C)C(=O)c1ccc(F)c(Cl)n1. The van der Waals surface area contributed by atoms with Crippen LogP contribution in [-0.4, -0.2) is 30.1 Å². The molecular formula is C8H8ClFN2O2. The molecule has 0 spiro atoms. The normalized spacial score (nSPS) is 10.0. The number of aromatic nitrogens is 1. The van der Waals surface area contributed by atoms with Crippen molar-refractivity contribution in [2.45, 2.75) is 0 Å². The number of amides is 1. The molecular weight excluding hydrogens is 211 g/mol. The average molecular weight is 219 g/mol. The van der Waals surface area contributed by atoms with Crippen LogP contribution in [-0.2, 0) is 4.84 Å². The third-order valence-corrected chi connectivity index (χ3v) is 1.85. The van der Waals surface area contributed by atoms with Gasteiger partial charge in [-0.1, -0.05) is 11.6 Å². The molecule has 1 heterocycles. The number of hydrogen-bond acceptors (Lipinski definition) is 3. The maximum atomic E-state index is 12.7. The van der Waals surface area contributed by atoms with Gasteiger partial charge in [-0.05, 0) is 12.1 Å². The topological polar surface area (TPSA) is 42.4 Å². The first-order valence-corrected chi connectivity index (χ1v) is 4.08. The fourth-order valence-electron chi connectivity index (χ4n) is 0.781. The van der Waals surface area contributed by atoms with Crippen molar-refractivity contribution in [3.05, 3.63) is 28.8 Å². The van der Waals surface area contributed by atoms with Crippen LogP contribution in [0.2, 0.25) is 5.15 Å². The predicted molar refractivity (Wildman–Crippen MR) is 48.3 cm³/mol. The Morgan fingerprint density at radius 1 is 1.64 bits per heavy atom. The summed E-state index contributed by atoms with van der Waals surface area (Å²) in [5.41, 5.74) is 0.0285. The lowest BCUT2D eigenvalue weighted by atomic mass is 10.3. The first-order valence-electron chi connectivity index (χ1n) is 3.70. The van der Waals surface area contributed by atoms with Gasteiger partial charge in [-0.2, -0.15) is 0 Å². The largest absolute Gasteiger partial charge is 0.295 e. The summed E-state index contributed by atoms with van der Waals surface area (Å²) in [6, 6.07) is 2.31. The fraction of sp³-hybridized carbons (Fsp3) is 0.250. The fourth-order valence-corrected chi connectivity index (χ4v) is 0.935. The number of rotatable bonds is 2. The van der Waals surface area contributed by atoms with Crippen LogP contribution in [0.5, 0.6) is 0 Å². The van der Waals surface area contributed by atoms with Gasteiger partial charge in [0.1, 0.15) is 5.69 Å². The minimum atomic E-state index is -0.664. The van der Waals surface area contributed by atoms with Gasteiger partial charge in [-0.3, -0.25) is 9.63 Å². The molecule has 76 valence electrons. The van der Waals surface area contributed by atoms with Gasteiger partial charge < -0.3 is 0 Å². The van der Waals surface area contributed by atoms with Gasteiger partial charge in [0.2, 0.25) is 0 Å². The number of nitrogens with zero attached hydrogens (tertiary/aromatic N) is 2. The molecule has 0 saturated heterocycles. The van der Waals surface area contributed by atoms with Gasteiger partial charge in [0, 0.05) is 7.05 Å². The summed E-state index contributed by atoms with van der Waals surface area (Å²) >= 11 is 5.41. The summed E-state index contributed by atoms with van der Waals surface area (Å²) < 4.78 is 12.7. The van der Waals surface area contributed by atoms with Crippen LogP contribution in [0, 0.1) is 5.82 Å². The van der Waals surface area contributed by atoms with Gasteiger partial charge in [0.15, 0.2) is 11.0 Å². The van der Waals surface area contributed by atoms with E-state index < -0.39 is 11.7 Å². The quantitative estimate of drug-likeness (QED) is 0.558. The van der Waals surface area contributed by atoms with Gasteiger partial charge >= 0.3 is 0 Å². The van der Waals surface area contributed by atoms with E-state index in [1.807, 2.05) is 0 Å². The Kier molecular flexibility index (Phi) is 3.38. The second-order valence-corrected chi connectivity index (χ2v) is 2.81. The van der Waals surface area contributed by atoms with Crippen molar-refractivity contribution in [1.29, 1.82) is 0 Å². The molecule has 0 aliphatic carbocycles. The monoisotopic (exact) mass is 218 g/mol. The van der Waals surface area contributed by atoms with E-state index in [1.165, 1.54) is 20.2 Å². The highest BCUT2D eigenvalue weighted by molar-refractivity contribution is 6.29. The molecule has 0 saturated carbocycles. The third kappa shape index (κ3) is 2.18. The summed E-state index contributed by atoms with van der Waals surface area (Å²) in [4.78, 5) is 19.6. The molecule has 0 radical (unpaired) electrons. The van der Waals surface area contributed by atoms with E-state index in [2.05, 4.69) is 9.82 Å². The summed E-state index contributed by atoms with van der Waals surface area (Å²) in [6.07, 6.45) is 0. The third-order valence-electron chi connectivity index (χ3n) is 1.58. The molecule has 4 nitrogen and oxygen atoms in total. The van der Waals surface area contributed by atoms with E-state index in [1.54, 1.807) is 0 Å². The molecule has 1 aromatic rings. The summed E-state index contributed by atoms with van der Waals surface area (Å²) in [6.45, 7) is 0. The van der Waals surface area contributed by atoms with Gasteiger partial charge in [-0.15, -0.1) is 0 Å². The van der Waals surface area contributed by atoms with Crippen LogP contribution in [0.25, 0.3) is 0 Å². The Morgan fingerprint density at radius 2 is 2.29 bits per heavy atom. The lowest BCUT2D eigenvalue weighted by molar-refractivity contribution is -0.0760. The van der Waals surface area contributed by atoms with Crippen molar-refractivity contribution >= 4 is 17.5 Å². The van der Waals surface area contributed by atoms with Crippen molar-refractivity contribution in [3.63, 3.8) is 0 Å². The minimum Gasteiger partial charge on any atom is -0.274 e. The van der Waals surface area contributed by atoms with Gasteiger partial charge in [-0.25, -0.2) is 14.4 Å². The van der Waals surface area contributed by atoms with E-state index in [0.29, 0.717) is 0 Å². The highest BCUT2D eigenvalue weighted by atomic mass is 35.5. The Balaban J connectivity index is 2.97. The number of carbonyl (C=O) groups is 1. The second kappa shape index (κ2) is 4.34. The molecule has 0 N–H and O–H groups in total. The molecule has 1 rings (SSSR count). The molecule has 1 amide bonds. The Morgan fingerprint density at radius 3 is 2.79 bits per heavy atom. The molecule has 0 fully saturated rings. The number of hydroxylamine groups is 2. The van der Waals surface area contributed by atoms with Crippen molar-refractivity contribution in [1.82, 2.24) is 10.0 Å². The van der Waals surface area contributed by atoms with E-state index in [4.69, 9.17) is 11.6 Å². The molecule has 0 unspecified atom stereocenters. The zero-order valence-electron chi connectivity index (χ0n) is 7.62. The summed E-state index contributed by atoms with van der Waals surface area (Å²) in [7, 11) is 2.75. The van der Waals surface area contributed by atoms with Crippen molar-refractivity contribution in [2.75, 3.05) is 14.2 Å². The smallest absolute Gasteiger partial charge is 0.274 e. The van der Waals surface area contributed by atoms with E-state index in [0.717, 1.165) is 11.1 Å². The van der Waals surface area contributed by atoms with Crippen LogP contribution >= 0.6 is 11.6 Å². The van der Waals surface area contributed by atoms with Crippen molar-refractivity contribution in [3.8, 4) is 0 Å². The van der Waals surface area contributed by atoms with Crippen LogP contribution in [0.1, 0.15) is 10.5 Å². The first-order chi connectivity index (χ1) is 6.56. The molecule has 0 aliphatic rings. The molecule has 0 bridgehead atoms. The van der Waals surface area contributed by atoms with Crippen molar-refractivity contribution in [2.24, 2.45) is 0 Å². The van der Waals surface area contributed by atoms with E-state index in [9.17, 15) is 9.18 Å². The highest BCUT2D eigenvalue weighted by Gasteiger charge is 2.14. The lowest BCUT2D eigenvalue weighted by Gasteiger charge is -2.12. The zero-order valence-corrected chi connectivity index (χ0v) is 8.38. The Bertz CT molecular complexity index is 359. The highest BCUT2D eigenvalue weighted by Crippen LogP contribution is 2.12. The number of halogens is 2. The maximum absolute atomic E-state index is 12.7. The molecule has 0 aromatic carbocycles. The molecule has 6 heteroatoms. The number of hydrogen-bond donors (Lipinski definition) is 0.